The molecule has 0 heterocycles. The maximum Gasteiger partial charge on any atom is 0.312 e. The molecule has 0 aromatic carbocycles. The van der Waals surface area contributed by atoms with Crippen LogP contribution in [-0.4, -0.2) is 12.6 Å². The third kappa shape index (κ3) is 9.84. The highest BCUT2D eigenvalue weighted by Gasteiger charge is 2.18. The van der Waals surface area contributed by atoms with Gasteiger partial charge in [0.25, 0.3) is 0 Å². The van der Waals surface area contributed by atoms with Crippen LogP contribution in [0.5, 0.6) is 0 Å². The lowest BCUT2D eigenvalue weighted by Crippen LogP contribution is -2.17. The molecule has 0 bridgehead atoms. The van der Waals surface area contributed by atoms with Crippen LogP contribution in [0.2, 0.25) is 0 Å². The van der Waals surface area contributed by atoms with Gasteiger partial charge in [0.05, 0.1) is 12.5 Å². The second-order valence-electron chi connectivity index (χ2n) is 7.03. The van der Waals surface area contributed by atoms with Crippen molar-refractivity contribution < 1.29 is 9.53 Å². The first-order chi connectivity index (χ1) is 11.3. The van der Waals surface area contributed by atoms with Crippen molar-refractivity contribution in [3.8, 4) is 0 Å². The van der Waals surface area contributed by atoms with E-state index >= 15 is 0 Å². The number of carbonyl (C=O) groups is 1. The molecule has 0 radical (unpaired) electrons. The van der Waals surface area contributed by atoms with E-state index < -0.39 is 0 Å². The molecule has 1 aliphatic carbocycles. The highest BCUT2D eigenvalue weighted by molar-refractivity contribution is 5.75. The smallest absolute Gasteiger partial charge is 0.312 e. The third-order valence-electron chi connectivity index (χ3n) is 5.02. The molecule has 0 aromatic heterocycles. The Morgan fingerprint density at radius 2 is 1.39 bits per heavy atom. The predicted octanol–water partition coefficient (Wildman–Crippen LogP) is 6.59. The van der Waals surface area contributed by atoms with E-state index in [9.17, 15) is 4.79 Å². The Kier molecular flexibility index (Phi) is 12.0. The molecule has 0 saturated carbocycles. The zero-order valence-electron chi connectivity index (χ0n) is 15.6. The molecule has 0 fully saturated rings. The number of rotatable bonds is 3. The van der Waals surface area contributed by atoms with Gasteiger partial charge in [0.2, 0.25) is 0 Å². The van der Waals surface area contributed by atoms with E-state index in [4.69, 9.17) is 4.74 Å². The predicted molar refractivity (Wildman–Crippen MR) is 98.5 cm³/mol. The fourth-order valence-electron chi connectivity index (χ4n) is 3.44. The van der Waals surface area contributed by atoms with Crippen molar-refractivity contribution in [3.05, 3.63) is 11.6 Å². The molecular formula is C21H38O2. The summed E-state index contributed by atoms with van der Waals surface area (Å²) in [6.07, 6.45) is 20.8. The largest absolute Gasteiger partial charge is 0.466 e. The summed E-state index contributed by atoms with van der Waals surface area (Å²) in [6.45, 7) is 4.39. The zero-order chi connectivity index (χ0) is 16.8. The standard InChI is InChI=1S/C21H38O2/c1-3-23-21(22)19(2)20-17-15-13-11-9-7-5-4-6-8-10-12-14-16-18-20/h17,19H,3-16,18H2,1-2H3/b20-17+. The molecule has 0 aliphatic heterocycles. The number of carbonyl (C=O) groups excluding carboxylic acids is 1. The van der Waals surface area contributed by atoms with Gasteiger partial charge in [-0.2, -0.15) is 0 Å². The van der Waals surface area contributed by atoms with Gasteiger partial charge in [-0.15, -0.1) is 0 Å². The van der Waals surface area contributed by atoms with Crippen LogP contribution in [0.1, 0.15) is 104 Å². The van der Waals surface area contributed by atoms with Gasteiger partial charge in [-0.25, -0.2) is 0 Å². The van der Waals surface area contributed by atoms with Crippen molar-refractivity contribution >= 4 is 5.97 Å². The summed E-state index contributed by atoms with van der Waals surface area (Å²) in [7, 11) is 0. The summed E-state index contributed by atoms with van der Waals surface area (Å²) >= 11 is 0. The molecular weight excluding hydrogens is 284 g/mol. The van der Waals surface area contributed by atoms with Crippen LogP contribution in [0.15, 0.2) is 11.6 Å². The van der Waals surface area contributed by atoms with Crippen molar-refractivity contribution in [1.82, 2.24) is 0 Å². The normalized spacial score (nSPS) is 23.5. The third-order valence-corrected chi connectivity index (χ3v) is 5.02. The van der Waals surface area contributed by atoms with Gasteiger partial charge < -0.3 is 4.74 Å². The van der Waals surface area contributed by atoms with Gasteiger partial charge in [-0.3, -0.25) is 4.79 Å². The summed E-state index contributed by atoms with van der Waals surface area (Å²) in [5, 5.41) is 0. The maximum absolute atomic E-state index is 12.0. The quantitative estimate of drug-likeness (QED) is 0.433. The molecule has 1 unspecified atom stereocenters. The topological polar surface area (TPSA) is 26.3 Å². The molecule has 2 heteroatoms. The van der Waals surface area contributed by atoms with Gasteiger partial charge in [-0.05, 0) is 39.5 Å². The van der Waals surface area contributed by atoms with E-state index in [1.165, 1.54) is 82.6 Å². The van der Waals surface area contributed by atoms with E-state index in [0.29, 0.717) is 6.61 Å². The first-order valence-electron chi connectivity index (χ1n) is 10.1. The second-order valence-corrected chi connectivity index (χ2v) is 7.03. The Bertz CT molecular complexity index is 333. The summed E-state index contributed by atoms with van der Waals surface area (Å²) in [5.74, 6) is -0.109. The van der Waals surface area contributed by atoms with Crippen molar-refractivity contribution in [2.75, 3.05) is 6.61 Å². The van der Waals surface area contributed by atoms with E-state index in [2.05, 4.69) is 6.08 Å². The molecule has 2 nitrogen and oxygen atoms in total. The first kappa shape index (κ1) is 20.3. The lowest BCUT2D eigenvalue weighted by molar-refractivity contribution is -0.146. The Hall–Kier alpha value is -0.790. The summed E-state index contributed by atoms with van der Waals surface area (Å²) < 4.78 is 5.22. The van der Waals surface area contributed by atoms with E-state index in [1.54, 1.807) is 0 Å². The van der Waals surface area contributed by atoms with Gasteiger partial charge >= 0.3 is 5.97 Å². The number of allylic oxidation sites excluding steroid dienone is 1. The molecule has 1 atom stereocenters. The summed E-state index contributed by atoms with van der Waals surface area (Å²) in [4.78, 5) is 12.0. The van der Waals surface area contributed by atoms with Crippen LogP contribution in [-0.2, 0) is 9.53 Å². The highest BCUT2D eigenvalue weighted by atomic mass is 16.5. The van der Waals surface area contributed by atoms with Gasteiger partial charge in [-0.1, -0.05) is 75.9 Å². The van der Waals surface area contributed by atoms with Crippen LogP contribution < -0.4 is 0 Å². The number of hydrogen-bond acceptors (Lipinski definition) is 2. The molecule has 1 aliphatic rings. The van der Waals surface area contributed by atoms with E-state index in [-0.39, 0.29) is 11.9 Å². The molecule has 0 amide bonds. The SMILES string of the molecule is CCOC(=O)C(C)/C1=C/CCCCCCCCCCCCCC1. The Morgan fingerprint density at radius 1 is 0.913 bits per heavy atom. The summed E-state index contributed by atoms with van der Waals surface area (Å²) in [5.41, 5.74) is 1.32. The van der Waals surface area contributed by atoms with Crippen molar-refractivity contribution in [1.29, 1.82) is 0 Å². The molecule has 0 aromatic rings. The van der Waals surface area contributed by atoms with Crippen LogP contribution >= 0.6 is 0 Å². The van der Waals surface area contributed by atoms with Gasteiger partial charge in [0.1, 0.15) is 0 Å². The number of hydrogen-bond donors (Lipinski definition) is 0. The van der Waals surface area contributed by atoms with E-state index in [0.717, 1.165) is 12.8 Å². The second kappa shape index (κ2) is 13.6. The lowest BCUT2D eigenvalue weighted by atomic mass is 9.93. The van der Waals surface area contributed by atoms with Crippen LogP contribution in [0.3, 0.4) is 0 Å². The fraction of sp³-hybridized carbons (Fsp3) is 0.857. The Morgan fingerprint density at radius 3 is 1.91 bits per heavy atom. The average Bonchev–Trinajstić information content (AvgIpc) is 2.54. The number of ether oxygens (including phenoxy) is 1. The monoisotopic (exact) mass is 322 g/mol. The van der Waals surface area contributed by atoms with E-state index in [1.807, 2.05) is 13.8 Å². The van der Waals surface area contributed by atoms with Gasteiger partial charge in [0.15, 0.2) is 0 Å². The van der Waals surface area contributed by atoms with Crippen LogP contribution in [0.4, 0.5) is 0 Å². The van der Waals surface area contributed by atoms with Crippen molar-refractivity contribution in [2.45, 2.75) is 104 Å². The molecule has 23 heavy (non-hydrogen) atoms. The minimum absolute atomic E-state index is 0.0480. The highest BCUT2D eigenvalue weighted by Crippen LogP contribution is 2.22. The van der Waals surface area contributed by atoms with Crippen LogP contribution in [0, 0.1) is 5.92 Å². The fourth-order valence-corrected chi connectivity index (χ4v) is 3.44. The minimum Gasteiger partial charge on any atom is -0.466 e. The van der Waals surface area contributed by atoms with Gasteiger partial charge in [0, 0.05) is 0 Å². The molecule has 1 rings (SSSR count). The first-order valence-corrected chi connectivity index (χ1v) is 10.1. The molecule has 0 saturated heterocycles. The molecule has 0 N–H and O–H groups in total. The zero-order valence-corrected chi connectivity index (χ0v) is 15.6. The number of esters is 1. The lowest BCUT2D eigenvalue weighted by Gasteiger charge is -2.15. The summed E-state index contributed by atoms with van der Waals surface area (Å²) in [6, 6.07) is 0. The van der Waals surface area contributed by atoms with Crippen molar-refractivity contribution in [2.24, 2.45) is 5.92 Å². The Labute approximate surface area is 144 Å². The van der Waals surface area contributed by atoms with Crippen LogP contribution in [0.25, 0.3) is 0 Å². The molecule has 0 spiro atoms. The maximum atomic E-state index is 12.0. The molecule has 134 valence electrons. The minimum atomic E-state index is -0.0613. The Balaban J connectivity index is 2.51. The average molecular weight is 323 g/mol. The van der Waals surface area contributed by atoms with Crippen molar-refractivity contribution in [3.63, 3.8) is 0 Å².